The molecule has 70 valence electrons. The second-order valence-corrected chi connectivity index (χ2v) is 3.80. The highest BCUT2D eigenvalue weighted by Gasteiger charge is 2.22. The van der Waals surface area contributed by atoms with Gasteiger partial charge in [0.2, 0.25) is 0 Å². The SMILES string of the molecule is CC/C=C(/NC1CC1)[C@H](C)CC. The van der Waals surface area contributed by atoms with Crippen LogP contribution in [0.1, 0.15) is 46.5 Å². The maximum absolute atomic E-state index is 3.60. The zero-order valence-electron chi connectivity index (χ0n) is 8.56. The Morgan fingerprint density at radius 2 is 2.17 bits per heavy atom. The predicted octanol–water partition coefficient (Wildman–Crippen LogP) is 3.08. The summed E-state index contributed by atoms with van der Waals surface area (Å²) in [5.74, 6) is 0.713. The molecule has 1 fully saturated rings. The van der Waals surface area contributed by atoms with Crippen LogP contribution in [0.2, 0.25) is 0 Å². The monoisotopic (exact) mass is 167 g/mol. The molecular weight excluding hydrogens is 146 g/mol. The molecule has 0 heterocycles. The normalized spacial score (nSPS) is 20.8. The largest absolute Gasteiger partial charge is 0.386 e. The first-order chi connectivity index (χ1) is 5.77. The summed E-state index contributed by atoms with van der Waals surface area (Å²) in [5, 5.41) is 3.60. The van der Waals surface area contributed by atoms with Crippen LogP contribution in [-0.2, 0) is 0 Å². The predicted molar refractivity (Wildman–Crippen MR) is 54.0 cm³/mol. The molecule has 1 atom stereocenters. The van der Waals surface area contributed by atoms with Crippen LogP contribution in [-0.4, -0.2) is 6.04 Å². The van der Waals surface area contributed by atoms with E-state index in [1.807, 2.05) is 0 Å². The van der Waals surface area contributed by atoms with E-state index in [1.165, 1.54) is 25.0 Å². The molecule has 1 aliphatic rings. The second kappa shape index (κ2) is 4.54. The minimum absolute atomic E-state index is 0.713. The summed E-state index contributed by atoms with van der Waals surface area (Å²) in [6, 6.07) is 0.803. The minimum Gasteiger partial charge on any atom is -0.386 e. The molecule has 0 aromatic heterocycles. The van der Waals surface area contributed by atoms with Gasteiger partial charge in [0.25, 0.3) is 0 Å². The minimum atomic E-state index is 0.713. The van der Waals surface area contributed by atoms with E-state index in [9.17, 15) is 0 Å². The van der Waals surface area contributed by atoms with E-state index in [1.54, 1.807) is 0 Å². The lowest BCUT2D eigenvalue weighted by Crippen LogP contribution is -2.20. The summed E-state index contributed by atoms with van der Waals surface area (Å²) >= 11 is 0. The van der Waals surface area contributed by atoms with Crippen molar-refractivity contribution in [3.8, 4) is 0 Å². The quantitative estimate of drug-likeness (QED) is 0.663. The van der Waals surface area contributed by atoms with Gasteiger partial charge >= 0.3 is 0 Å². The molecule has 1 heteroatoms. The molecule has 0 saturated heterocycles. The lowest BCUT2D eigenvalue weighted by molar-refractivity contribution is 0.581. The Morgan fingerprint density at radius 1 is 1.50 bits per heavy atom. The highest BCUT2D eigenvalue weighted by molar-refractivity contribution is 5.06. The summed E-state index contributed by atoms with van der Waals surface area (Å²) in [5.41, 5.74) is 1.47. The Bertz CT molecular complexity index is 156. The molecule has 0 amide bonds. The van der Waals surface area contributed by atoms with E-state index in [0.717, 1.165) is 12.5 Å². The van der Waals surface area contributed by atoms with Crippen LogP contribution in [0, 0.1) is 5.92 Å². The fourth-order valence-electron chi connectivity index (χ4n) is 1.31. The maximum atomic E-state index is 3.60. The van der Waals surface area contributed by atoms with Crippen molar-refractivity contribution in [2.45, 2.75) is 52.5 Å². The van der Waals surface area contributed by atoms with Crippen LogP contribution < -0.4 is 5.32 Å². The molecular formula is C11H21N. The molecule has 1 aliphatic carbocycles. The van der Waals surface area contributed by atoms with Gasteiger partial charge in [0.15, 0.2) is 0 Å². The van der Waals surface area contributed by atoms with Gasteiger partial charge in [-0.25, -0.2) is 0 Å². The summed E-state index contributed by atoms with van der Waals surface area (Å²) in [4.78, 5) is 0. The van der Waals surface area contributed by atoms with Crippen molar-refractivity contribution < 1.29 is 0 Å². The van der Waals surface area contributed by atoms with Gasteiger partial charge in [-0.05, 0) is 31.6 Å². The fourth-order valence-corrected chi connectivity index (χ4v) is 1.31. The molecule has 1 N–H and O–H groups in total. The molecule has 0 aliphatic heterocycles. The van der Waals surface area contributed by atoms with Gasteiger partial charge in [-0.15, -0.1) is 0 Å². The smallest absolute Gasteiger partial charge is 0.0259 e. The van der Waals surface area contributed by atoms with E-state index in [2.05, 4.69) is 32.2 Å². The van der Waals surface area contributed by atoms with Crippen LogP contribution in [0.3, 0.4) is 0 Å². The van der Waals surface area contributed by atoms with Gasteiger partial charge in [-0.2, -0.15) is 0 Å². The molecule has 0 aromatic rings. The van der Waals surface area contributed by atoms with Gasteiger partial charge < -0.3 is 5.32 Å². The lowest BCUT2D eigenvalue weighted by Gasteiger charge is -2.16. The number of hydrogen-bond donors (Lipinski definition) is 1. The topological polar surface area (TPSA) is 12.0 Å². The first-order valence-corrected chi connectivity index (χ1v) is 5.24. The molecule has 1 rings (SSSR count). The molecule has 12 heavy (non-hydrogen) atoms. The van der Waals surface area contributed by atoms with Crippen LogP contribution in [0.4, 0.5) is 0 Å². The van der Waals surface area contributed by atoms with Crippen molar-refractivity contribution in [1.82, 2.24) is 5.32 Å². The molecule has 0 unspecified atom stereocenters. The first-order valence-electron chi connectivity index (χ1n) is 5.24. The van der Waals surface area contributed by atoms with Crippen molar-refractivity contribution in [2.75, 3.05) is 0 Å². The average Bonchev–Trinajstić information content (AvgIpc) is 2.86. The molecule has 0 aromatic carbocycles. The van der Waals surface area contributed by atoms with Crippen molar-refractivity contribution in [1.29, 1.82) is 0 Å². The molecule has 0 radical (unpaired) electrons. The molecule has 0 bridgehead atoms. The summed E-state index contributed by atoms with van der Waals surface area (Å²) in [6.07, 6.45) is 7.48. The van der Waals surface area contributed by atoms with Crippen molar-refractivity contribution in [2.24, 2.45) is 5.92 Å². The van der Waals surface area contributed by atoms with Crippen LogP contribution in [0.5, 0.6) is 0 Å². The van der Waals surface area contributed by atoms with Crippen molar-refractivity contribution >= 4 is 0 Å². The fraction of sp³-hybridized carbons (Fsp3) is 0.818. The van der Waals surface area contributed by atoms with E-state index < -0.39 is 0 Å². The Balaban J connectivity index is 2.41. The van der Waals surface area contributed by atoms with E-state index in [0.29, 0.717) is 5.92 Å². The van der Waals surface area contributed by atoms with Crippen LogP contribution >= 0.6 is 0 Å². The number of nitrogens with one attached hydrogen (secondary N) is 1. The third-order valence-electron chi connectivity index (χ3n) is 2.52. The van der Waals surface area contributed by atoms with Gasteiger partial charge in [0.05, 0.1) is 0 Å². The molecule has 1 saturated carbocycles. The third-order valence-corrected chi connectivity index (χ3v) is 2.52. The van der Waals surface area contributed by atoms with Gasteiger partial charge in [0, 0.05) is 11.7 Å². The highest BCUT2D eigenvalue weighted by atomic mass is 15.0. The molecule has 0 spiro atoms. The molecule has 1 nitrogen and oxygen atoms in total. The number of allylic oxidation sites excluding steroid dienone is 2. The first kappa shape index (κ1) is 9.63. The van der Waals surface area contributed by atoms with Crippen LogP contribution in [0.25, 0.3) is 0 Å². The summed E-state index contributed by atoms with van der Waals surface area (Å²) in [7, 11) is 0. The van der Waals surface area contributed by atoms with Gasteiger partial charge in [0.1, 0.15) is 0 Å². The van der Waals surface area contributed by atoms with E-state index in [-0.39, 0.29) is 0 Å². The zero-order chi connectivity index (χ0) is 8.97. The summed E-state index contributed by atoms with van der Waals surface area (Å²) in [6.45, 7) is 6.76. The van der Waals surface area contributed by atoms with Gasteiger partial charge in [-0.3, -0.25) is 0 Å². The third kappa shape index (κ3) is 2.88. The Kier molecular flexibility index (Phi) is 3.64. The average molecular weight is 167 g/mol. The number of rotatable bonds is 5. The highest BCUT2D eigenvalue weighted by Crippen LogP contribution is 2.23. The van der Waals surface area contributed by atoms with E-state index >= 15 is 0 Å². The van der Waals surface area contributed by atoms with Crippen LogP contribution in [0.15, 0.2) is 11.8 Å². The van der Waals surface area contributed by atoms with E-state index in [4.69, 9.17) is 0 Å². The number of hydrogen-bond acceptors (Lipinski definition) is 1. The standard InChI is InChI=1S/C11H21N/c1-4-6-11(9(3)5-2)12-10-7-8-10/h6,9-10,12H,4-5,7-8H2,1-3H3/b11-6+/t9-/m1/s1. The lowest BCUT2D eigenvalue weighted by atomic mass is 10.0. The Hall–Kier alpha value is -0.460. The van der Waals surface area contributed by atoms with Gasteiger partial charge in [-0.1, -0.05) is 26.8 Å². The second-order valence-electron chi connectivity index (χ2n) is 3.80. The van der Waals surface area contributed by atoms with Crippen molar-refractivity contribution in [3.05, 3.63) is 11.8 Å². The Labute approximate surface area is 76.2 Å². The van der Waals surface area contributed by atoms with Crippen molar-refractivity contribution in [3.63, 3.8) is 0 Å². The zero-order valence-corrected chi connectivity index (χ0v) is 8.56. The Morgan fingerprint density at radius 3 is 2.58 bits per heavy atom. The summed E-state index contributed by atoms with van der Waals surface area (Å²) < 4.78 is 0. The maximum Gasteiger partial charge on any atom is 0.0259 e.